The topological polar surface area (TPSA) is 17.0 Å². The molecular formula is C15H21FN2. The highest BCUT2D eigenvalue weighted by molar-refractivity contribution is 5.80. The summed E-state index contributed by atoms with van der Waals surface area (Å²) in [6.45, 7) is 8.31. The number of rotatable bonds is 5. The molecule has 1 N–H and O–H groups in total. The summed E-state index contributed by atoms with van der Waals surface area (Å²) in [5.74, 6) is -0.177. The van der Waals surface area contributed by atoms with Gasteiger partial charge >= 0.3 is 0 Å². The lowest BCUT2D eigenvalue weighted by molar-refractivity contribution is 0.369. The maximum absolute atomic E-state index is 13.2. The first kappa shape index (κ1) is 13.1. The highest BCUT2D eigenvalue weighted by Crippen LogP contribution is 2.17. The van der Waals surface area contributed by atoms with Crippen molar-refractivity contribution in [3.8, 4) is 0 Å². The lowest BCUT2D eigenvalue weighted by Gasteiger charge is -2.24. The summed E-state index contributed by atoms with van der Waals surface area (Å²) in [6.07, 6.45) is 3.11. The molecule has 0 radical (unpaired) electrons. The van der Waals surface area contributed by atoms with E-state index >= 15 is 0 Å². The third-order valence-corrected chi connectivity index (χ3v) is 3.58. The number of hydrogen-bond donors (Lipinski definition) is 1. The Morgan fingerprint density at radius 1 is 1.28 bits per heavy atom. The summed E-state index contributed by atoms with van der Waals surface area (Å²) in [6, 6.07) is 6.95. The van der Waals surface area contributed by atoms with Gasteiger partial charge in [-0.25, -0.2) is 4.39 Å². The maximum atomic E-state index is 13.2. The van der Waals surface area contributed by atoms with E-state index in [0.29, 0.717) is 0 Å². The van der Waals surface area contributed by atoms with E-state index in [4.69, 9.17) is 0 Å². The predicted molar refractivity (Wildman–Crippen MR) is 74.3 cm³/mol. The van der Waals surface area contributed by atoms with Crippen LogP contribution in [0.25, 0.3) is 10.9 Å². The van der Waals surface area contributed by atoms with Crippen LogP contribution in [0.2, 0.25) is 0 Å². The molecule has 0 fully saturated rings. The molecule has 0 spiro atoms. The van der Waals surface area contributed by atoms with Gasteiger partial charge in [0.15, 0.2) is 0 Å². The molecular weight excluding hydrogens is 227 g/mol. The third-order valence-electron chi connectivity index (χ3n) is 3.58. The minimum absolute atomic E-state index is 0.161. The molecule has 0 aliphatic carbocycles. The van der Waals surface area contributed by atoms with Crippen LogP contribution < -0.4 is 5.32 Å². The molecule has 0 amide bonds. The van der Waals surface area contributed by atoms with Crippen LogP contribution in [0.1, 0.15) is 27.2 Å². The fourth-order valence-electron chi connectivity index (χ4n) is 1.99. The average Bonchev–Trinajstić information content (AvgIpc) is 2.72. The largest absolute Gasteiger partial charge is 0.346 e. The van der Waals surface area contributed by atoms with Gasteiger partial charge in [-0.15, -0.1) is 0 Å². The molecule has 0 aliphatic rings. The van der Waals surface area contributed by atoms with Crippen LogP contribution in [-0.2, 0) is 6.54 Å². The molecule has 1 aromatic carbocycles. The maximum Gasteiger partial charge on any atom is 0.125 e. The van der Waals surface area contributed by atoms with Crippen molar-refractivity contribution in [2.75, 3.05) is 6.54 Å². The summed E-state index contributed by atoms with van der Waals surface area (Å²) in [5, 5.41) is 4.60. The van der Waals surface area contributed by atoms with Crippen molar-refractivity contribution in [1.82, 2.24) is 9.88 Å². The zero-order chi connectivity index (χ0) is 13.2. The second-order valence-corrected chi connectivity index (χ2v) is 5.38. The van der Waals surface area contributed by atoms with E-state index in [-0.39, 0.29) is 11.4 Å². The standard InChI is InChI=1S/C15H21FN2/c1-4-15(2,3)17-8-10-18-9-7-12-5-6-13(16)11-14(12)18/h5-7,9,11,17H,4,8,10H2,1-3H3. The lowest BCUT2D eigenvalue weighted by atomic mass is 10.0. The molecule has 0 aliphatic heterocycles. The van der Waals surface area contributed by atoms with E-state index < -0.39 is 0 Å². The minimum Gasteiger partial charge on any atom is -0.346 e. The smallest absolute Gasteiger partial charge is 0.125 e. The fourth-order valence-corrected chi connectivity index (χ4v) is 1.99. The average molecular weight is 248 g/mol. The van der Waals surface area contributed by atoms with Crippen LogP contribution in [0, 0.1) is 5.82 Å². The number of benzene rings is 1. The van der Waals surface area contributed by atoms with Crippen molar-refractivity contribution < 1.29 is 4.39 Å². The SMILES string of the molecule is CCC(C)(C)NCCn1ccc2ccc(F)cc21. The Balaban J connectivity index is 2.06. The van der Waals surface area contributed by atoms with E-state index in [1.165, 1.54) is 6.07 Å². The summed E-state index contributed by atoms with van der Waals surface area (Å²) < 4.78 is 15.3. The predicted octanol–water partition coefficient (Wildman–Crippen LogP) is 3.56. The number of aromatic nitrogens is 1. The second kappa shape index (κ2) is 5.11. The summed E-state index contributed by atoms with van der Waals surface area (Å²) in [5.41, 5.74) is 1.12. The second-order valence-electron chi connectivity index (χ2n) is 5.38. The van der Waals surface area contributed by atoms with Gasteiger partial charge < -0.3 is 9.88 Å². The van der Waals surface area contributed by atoms with E-state index in [1.807, 2.05) is 18.3 Å². The molecule has 18 heavy (non-hydrogen) atoms. The minimum atomic E-state index is -0.177. The fraction of sp³-hybridized carbons (Fsp3) is 0.467. The van der Waals surface area contributed by atoms with E-state index in [1.54, 1.807) is 6.07 Å². The van der Waals surface area contributed by atoms with E-state index in [9.17, 15) is 4.39 Å². The Kier molecular flexibility index (Phi) is 3.71. The van der Waals surface area contributed by atoms with Gasteiger partial charge in [0.25, 0.3) is 0 Å². The molecule has 0 bridgehead atoms. The van der Waals surface area contributed by atoms with Crippen LogP contribution in [0.3, 0.4) is 0 Å². The van der Waals surface area contributed by atoms with Gasteiger partial charge in [-0.1, -0.05) is 6.92 Å². The number of nitrogens with one attached hydrogen (secondary N) is 1. The lowest BCUT2D eigenvalue weighted by Crippen LogP contribution is -2.40. The van der Waals surface area contributed by atoms with Crippen LogP contribution >= 0.6 is 0 Å². The van der Waals surface area contributed by atoms with Crippen LogP contribution in [0.15, 0.2) is 30.5 Å². The van der Waals surface area contributed by atoms with Crippen molar-refractivity contribution in [3.63, 3.8) is 0 Å². The molecule has 1 heterocycles. The quantitative estimate of drug-likeness (QED) is 0.856. The number of nitrogens with zero attached hydrogens (tertiary/aromatic N) is 1. The number of fused-ring (bicyclic) bond motifs is 1. The first-order valence-corrected chi connectivity index (χ1v) is 6.51. The Morgan fingerprint density at radius 2 is 2.06 bits per heavy atom. The van der Waals surface area contributed by atoms with Crippen molar-refractivity contribution in [2.24, 2.45) is 0 Å². The Bertz CT molecular complexity index is 528. The van der Waals surface area contributed by atoms with Crippen molar-refractivity contribution in [1.29, 1.82) is 0 Å². The molecule has 2 aromatic rings. The molecule has 0 unspecified atom stereocenters. The Labute approximate surface area is 108 Å². The molecule has 2 rings (SSSR count). The van der Waals surface area contributed by atoms with Crippen molar-refractivity contribution in [2.45, 2.75) is 39.3 Å². The van der Waals surface area contributed by atoms with Gasteiger partial charge in [0.1, 0.15) is 5.82 Å². The summed E-state index contributed by atoms with van der Waals surface area (Å²) in [4.78, 5) is 0. The molecule has 1 aromatic heterocycles. The summed E-state index contributed by atoms with van der Waals surface area (Å²) in [7, 11) is 0. The monoisotopic (exact) mass is 248 g/mol. The Morgan fingerprint density at radius 3 is 2.78 bits per heavy atom. The van der Waals surface area contributed by atoms with Gasteiger partial charge in [0.05, 0.1) is 5.52 Å². The van der Waals surface area contributed by atoms with Gasteiger partial charge in [0, 0.05) is 24.8 Å². The molecule has 0 saturated carbocycles. The summed E-state index contributed by atoms with van der Waals surface area (Å²) >= 11 is 0. The number of halogens is 1. The zero-order valence-electron chi connectivity index (χ0n) is 11.3. The first-order chi connectivity index (χ1) is 8.52. The first-order valence-electron chi connectivity index (χ1n) is 6.51. The highest BCUT2D eigenvalue weighted by atomic mass is 19.1. The zero-order valence-corrected chi connectivity index (χ0v) is 11.3. The number of hydrogen-bond acceptors (Lipinski definition) is 1. The third kappa shape index (κ3) is 2.91. The van der Waals surface area contributed by atoms with Gasteiger partial charge in [-0.2, -0.15) is 0 Å². The van der Waals surface area contributed by atoms with Crippen molar-refractivity contribution >= 4 is 10.9 Å². The molecule has 3 heteroatoms. The van der Waals surface area contributed by atoms with Crippen LogP contribution in [0.5, 0.6) is 0 Å². The molecule has 98 valence electrons. The van der Waals surface area contributed by atoms with Crippen LogP contribution in [-0.4, -0.2) is 16.7 Å². The normalized spacial score (nSPS) is 12.2. The highest BCUT2D eigenvalue weighted by Gasteiger charge is 2.13. The van der Waals surface area contributed by atoms with Crippen molar-refractivity contribution in [3.05, 3.63) is 36.3 Å². The van der Waals surface area contributed by atoms with Crippen LogP contribution in [0.4, 0.5) is 4.39 Å². The molecule has 2 nitrogen and oxygen atoms in total. The van der Waals surface area contributed by atoms with Gasteiger partial charge in [-0.3, -0.25) is 0 Å². The van der Waals surface area contributed by atoms with E-state index in [0.717, 1.165) is 30.4 Å². The van der Waals surface area contributed by atoms with Gasteiger partial charge in [0.2, 0.25) is 0 Å². The molecule has 0 atom stereocenters. The Hall–Kier alpha value is -1.35. The molecule has 0 saturated heterocycles. The van der Waals surface area contributed by atoms with Gasteiger partial charge in [-0.05, 0) is 49.9 Å². The van der Waals surface area contributed by atoms with E-state index in [2.05, 4.69) is 30.7 Å².